The van der Waals surface area contributed by atoms with Crippen molar-refractivity contribution in [1.82, 2.24) is 9.97 Å². The summed E-state index contributed by atoms with van der Waals surface area (Å²) in [7, 11) is 0. The van der Waals surface area contributed by atoms with Gasteiger partial charge in [-0.2, -0.15) is 0 Å². The summed E-state index contributed by atoms with van der Waals surface area (Å²) in [5, 5.41) is 6.48. The van der Waals surface area contributed by atoms with Gasteiger partial charge in [0.25, 0.3) is 0 Å². The van der Waals surface area contributed by atoms with Crippen molar-refractivity contribution in [2.24, 2.45) is 0 Å². The smallest absolute Gasteiger partial charge is 0.323 e. The van der Waals surface area contributed by atoms with Gasteiger partial charge < -0.3 is 15.6 Å². The van der Waals surface area contributed by atoms with E-state index in [0.717, 1.165) is 5.56 Å². The summed E-state index contributed by atoms with van der Waals surface area (Å²) in [5.41, 5.74) is 3.04. The van der Waals surface area contributed by atoms with Crippen LogP contribution >= 0.6 is 11.6 Å². The Hall–Kier alpha value is -3.38. The highest BCUT2D eigenvalue weighted by Crippen LogP contribution is 2.35. The fourth-order valence-corrected chi connectivity index (χ4v) is 3.03. The Labute approximate surface area is 159 Å². The molecule has 0 fully saturated rings. The lowest BCUT2D eigenvalue weighted by Gasteiger charge is -2.10. The number of para-hydroxylation sites is 1. The van der Waals surface area contributed by atoms with Crippen molar-refractivity contribution >= 4 is 39.9 Å². The molecule has 0 saturated heterocycles. The second-order valence-corrected chi connectivity index (χ2v) is 6.27. The molecule has 2 heterocycles. The van der Waals surface area contributed by atoms with Crippen molar-refractivity contribution < 1.29 is 9.18 Å². The molecule has 4 rings (SSSR count). The Balaban J connectivity index is 1.74. The lowest BCUT2D eigenvalue weighted by molar-refractivity contribution is 0.262. The molecule has 0 atom stereocenters. The number of carbonyl (C=O) groups is 1. The Morgan fingerprint density at radius 1 is 1.07 bits per heavy atom. The van der Waals surface area contributed by atoms with Gasteiger partial charge in [-0.25, -0.2) is 9.18 Å². The number of anilines is 2. The maximum Gasteiger partial charge on any atom is 0.323 e. The summed E-state index contributed by atoms with van der Waals surface area (Å²) >= 11 is 6.09. The molecule has 2 aromatic carbocycles. The van der Waals surface area contributed by atoms with Gasteiger partial charge in [0.2, 0.25) is 0 Å². The van der Waals surface area contributed by atoms with Crippen molar-refractivity contribution in [2.45, 2.75) is 0 Å². The average molecular weight is 381 g/mol. The number of hydrogen-bond donors (Lipinski definition) is 3. The molecule has 0 bridgehead atoms. The van der Waals surface area contributed by atoms with Gasteiger partial charge in [-0.3, -0.25) is 4.98 Å². The normalized spacial score (nSPS) is 10.7. The molecule has 134 valence electrons. The average Bonchev–Trinajstić information content (AvgIpc) is 3.02. The number of fused-ring (bicyclic) bond motifs is 1. The van der Waals surface area contributed by atoms with E-state index in [9.17, 15) is 9.18 Å². The number of aromatic nitrogens is 2. The summed E-state index contributed by atoms with van der Waals surface area (Å²) in [5.74, 6) is -0.395. The van der Waals surface area contributed by atoms with Gasteiger partial charge in [-0.05, 0) is 42.5 Å². The number of hydrogen-bond acceptors (Lipinski definition) is 2. The number of halogens is 2. The number of aromatic amines is 1. The number of pyridine rings is 1. The summed E-state index contributed by atoms with van der Waals surface area (Å²) in [6.45, 7) is 0. The van der Waals surface area contributed by atoms with Crippen LogP contribution in [0, 0.1) is 5.82 Å². The number of benzene rings is 2. The van der Waals surface area contributed by atoms with Crippen molar-refractivity contribution in [3.05, 3.63) is 77.8 Å². The number of urea groups is 1. The van der Waals surface area contributed by atoms with Crippen LogP contribution in [0.15, 0.2) is 67.0 Å². The molecule has 0 radical (unpaired) electrons. The molecular formula is C20H14ClFN4O. The number of amides is 2. The monoisotopic (exact) mass is 380 g/mol. The highest BCUT2D eigenvalue weighted by atomic mass is 35.5. The summed E-state index contributed by atoms with van der Waals surface area (Å²) in [4.78, 5) is 19.9. The van der Waals surface area contributed by atoms with E-state index in [4.69, 9.17) is 11.6 Å². The van der Waals surface area contributed by atoms with Crippen molar-refractivity contribution in [3.8, 4) is 11.3 Å². The first-order chi connectivity index (χ1) is 13.1. The maximum atomic E-state index is 13.8. The molecule has 0 spiro atoms. The Bertz CT molecular complexity index is 1130. The van der Waals surface area contributed by atoms with E-state index in [0.29, 0.717) is 33.0 Å². The number of carbonyl (C=O) groups excluding carboxylic acids is 1. The van der Waals surface area contributed by atoms with Crippen molar-refractivity contribution in [2.75, 3.05) is 10.6 Å². The van der Waals surface area contributed by atoms with Gasteiger partial charge in [0.15, 0.2) is 0 Å². The molecule has 0 unspecified atom stereocenters. The lowest BCUT2D eigenvalue weighted by Crippen LogP contribution is -2.19. The third-order valence-corrected chi connectivity index (χ3v) is 4.40. The SMILES string of the molecule is O=C(Nc1ccccc1Cl)Nc1c(-c2cccnc2)[nH]c2ccc(F)cc12. The zero-order valence-electron chi connectivity index (χ0n) is 14.0. The first kappa shape index (κ1) is 17.1. The number of H-pyrrole nitrogens is 1. The summed E-state index contributed by atoms with van der Waals surface area (Å²) in [6.07, 6.45) is 3.32. The van der Waals surface area contributed by atoms with Crippen LogP contribution in [0.2, 0.25) is 5.02 Å². The van der Waals surface area contributed by atoms with E-state index in [2.05, 4.69) is 20.6 Å². The van der Waals surface area contributed by atoms with Gasteiger partial charge in [0, 0.05) is 28.9 Å². The zero-order valence-corrected chi connectivity index (χ0v) is 14.7. The van der Waals surface area contributed by atoms with Crippen LogP contribution in [0.25, 0.3) is 22.2 Å². The molecule has 0 saturated carbocycles. The third kappa shape index (κ3) is 3.47. The van der Waals surface area contributed by atoms with E-state index in [-0.39, 0.29) is 0 Å². The van der Waals surface area contributed by atoms with Crippen LogP contribution in [0.5, 0.6) is 0 Å². The molecule has 2 aromatic heterocycles. The second-order valence-electron chi connectivity index (χ2n) is 5.87. The topological polar surface area (TPSA) is 69.8 Å². The van der Waals surface area contributed by atoms with E-state index < -0.39 is 11.8 Å². The third-order valence-electron chi connectivity index (χ3n) is 4.07. The minimum absolute atomic E-state index is 0.395. The fourth-order valence-electron chi connectivity index (χ4n) is 2.85. The predicted molar refractivity (Wildman–Crippen MR) is 106 cm³/mol. The lowest BCUT2D eigenvalue weighted by atomic mass is 10.1. The Kier molecular flexibility index (Phi) is 4.48. The second kappa shape index (κ2) is 7.09. The highest BCUT2D eigenvalue weighted by Gasteiger charge is 2.17. The molecule has 3 N–H and O–H groups in total. The number of nitrogens with one attached hydrogen (secondary N) is 3. The van der Waals surface area contributed by atoms with Gasteiger partial charge in [0.05, 0.1) is 22.1 Å². The standard InChI is InChI=1S/C20H14ClFN4O/c21-15-5-1-2-6-17(15)25-20(27)26-19-14-10-13(22)7-8-16(14)24-18(19)12-4-3-9-23-11-12/h1-11,24H,(H2,25,26,27). The van der Waals surface area contributed by atoms with Crippen molar-refractivity contribution in [1.29, 1.82) is 0 Å². The first-order valence-electron chi connectivity index (χ1n) is 8.16. The van der Waals surface area contributed by atoms with Crippen LogP contribution in [-0.2, 0) is 0 Å². The predicted octanol–water partition coefficient (Wildman–Crippen LogP) is 5.67. The molecule has 4 aromatic rings. The minimum atomic E-state index is -0.488. The van der Waals surface area contributed by atoms with Crippen LogP contribution < -0.4 is 10.6 Å². The minimum Gasteiger partial charge on any atom is -0.353 e. The summed E-state index contributed by atoms with van der Waals surface area (Å²) in [6, 6.07) is 14.4. The van der Waals surface area contributed by atoms with E-state index in [1.165, 1.54) is 12.1 Å². The van der Waals surface area contributed by atoms with Crippen LogP contribution in [0.3, 0.4) is 0 Å². The molecule has 0 aliphatic rings. The van der Waals surface area contributed by atoms with E-state index in [1.54, 1.807) is 48.8 Å². The largest absolute Gasteiger partial charge is 0.353 e. The summed E-state index contributed by atoms with van der Waals surface area (Å²) < 4.78 is 13.8. The Morgan fingerprint density at radius 3 is 2.70 bits per heavy atom. The van der Waals surface area contributed by atoms with E-state index in [1.807, 2.05) is 6.07 Å². The van der Waals surface area contributed by atoms with Crippen LogP contribution in [-0.4, -0.2) is 16.0 Å². The fraction of sp³-hybridized carbons (Fsp3) is 0. The zero-order chi connectivity index (χ0) is 18.8. The molecule has 0 aliphatic carbocycles. The number of nitrogens with zero attached hydrogens (tertiary/aromatic N) is 1. The Morgan fingerprint density at radius 2 is 1.93 bits per heavy atom. The van der Waals surface area contributed by atoms with E-state index >= 15 is 0 Å². The van der Waals surface area contributed by atoms with Crippen molar-refractivity contribution in [3.63, 3.8) is 0 Å². The molecule has 0 aliphatic heterocycles. The molecule has 27 heavy (non-hydrogen) atoms. The van der Waals surface area contributed by atoms with Gasteiger partial charge in [0.1, 0.15) is 5.82 Å². The molecule has 7 heteroatoms. The van der Waals surface area contributed by atoms with Crippen LogP contribution in [0.1, 0.15) is 0 Å². The van der Waals surface area contributed by atoms with Gasteiger partial charge >= 0.3 is 6.03 Å². The number of rotatable bonds is 3. The first-order valence-corrected chi connectivity index (χ1v) is 8.54. The van der Waals surface area contributed by atoms with Crippen LogP contribution in [0.4, 0.5) is 20.6 Å². The molecule has 2 amide bonds. The maximum absolute atomic E-state index is 13.8. The molecule has 5 nitrogen and oxygen atoms in total. The quantitative estimate of drug-likeness (QED) is 0.428. The molecular weight excluding hydrogens is 367 g/mol. The highest BCUT2D eigenvalue weighted by molar-refractivity contribution is 6.33. The van der Waals surface area contributed by atoms with Gasteiger partial charge in [-0.1, -0.05) is 23.7 Å². The van der Waals surface area contributed by atoms with Gasteiger partial charge in [-0.15, -0.1) is 0 Å².